The van der Waals surface area contributed by atoms with E-state index in [9.17, 15) is 22.8 Å². The molecule has 2 heterocycles. The zero-order valence-electron chi connectivity index (χ0n) is 14.3. The minimum absolute atomic E-state index is 0.0698. The van der Waals surface area contributed by atoms with Crippen LogP contribution in [0.3, 0.4) is 0 Å². The predicted molar refractivity (Wildman–Crippen MR) is 86.5 cm³/mol. The molecule has 2 N–H and O–H groups in total. The van der Waals surface area contributed by atoms with Crippen LogP contribution >= 0.6 is 0 Å². The van der Waals surface area contributed by atoms with Crippen molar-refractivity contribution in [1.29, 1.82) is 0 Å². The van der Waals surface area contributed by atoms with Gasteiger partial charge in [-0.25, -0.2) is 4.79 Å². The second kappa shape index (κ2) is 7.53. The Balaban J connectivity index is 1.61. The smallest absolute Gasteiger partial charge is 0.394 e. The Bertz CT molecular complexity index is 725. The largest absolute Gasteiger partial charge is 0.490 e. The molecule has 1 saturated heterocycles. The first kappa shape index (κ1) is 19.1. The first-order valence-electron chi connectivity index (χ1n) is 8.46. The molecule has 10 heteroatoms. The van der Waals surface area contributed by atoms with Crippen LogP contribution in [-0.2, 0) is 11.3 Å². The summed E-state index contributed by atoms with van der Waals surface area (Å²) >= 11 is 0. The number of hydrogen-bond acceptors (Lipinski definition) is 4. The van der Waals surface area contributed by atoms with Crippen molar-refractivity contribution in [3.63, 3.8) is 0 Å². The molecular formula is C17H19F3N2O5. The maximum Gasteiger partial charge on any atom is 0.394 e. The van der Waals surface area contributed by atoms with Crippen LogP contribution in [0.4, 0.5) is 18.0 Å². The van der Waals surface area contributed by atoms with Gasteiger partial charge in [-0.3, -0.25) is 4.79 Å². The van der Waals surface area contributed by atoms with Gasteiger partial charge in [0.15, 0.2) is 11.5 Å². The van der Waals surface area contributed by atoms with Gasteiger partial charge in [-0.05, 0) is 17.7 Å². The average Bonchev–Trinajstić information content (AvgIpc) is 2.95. The minimum Gasteiger partial charge on any atom is -0.490 e. The third-order valence-electron chi connectivity index (χ3n) is 4.60. The molecule has 1 aromatic rings. The summed E-state index contributed by atoms with van der Waals surface area (Å²) in [7, 11) is 0. The Morgan fingerprint density at radius 1 is 1.19 bits per heavy atom. The number of carboxylic acid groups (broad SMARTS) is 1. The number of carboxylic acids is 1. The van der Waals surface area contributed by atoms with Gasteiger partial charge < -0.3 is 24.8 Å². The molecule has 1 aromatic carbocycles. The Morgan fingerprint density at radius 3 is 2.52 bits per heavy atom. The van der Waals surface area contributed by atoms with Crippen LogP contribution in [-0.4, -0.2) is 54.5 Å². The van der Waals surface area contributed by atoms with Crippen LogP contribution < -0.4 is 14.8 Å². The molecule has 0 saturated carbocycles. The maximum absolute atomic E-state index is 13.0. The van der Waals surface area contributed by atoms with Crippen molar-refractivity contribution >= 4 is 12.0 Å². The van der Waals surface area contributed by atoms with Crippen LogP contribution in [0.2, 0.25) is 0 Å². The van der Waals surface area contributed by atoms with Crippen molar-refractivity contribution in [1.82, 2.24) is 10.2 Å². The van der Waals surface area contributed by atoms with Gasteiger partial charge in [-0.1, -0.05) is 6.07 Å². The highest BCUT2D eigenvalue weighted by Crippen LogP contribution is 2.37. The number of carbonyl (C=O) groups is 2. The molecule has 0 radical (unpaired) electrons. The fourth-order valence-corrected chi connectivity index (χ4v) is 3.16. The van der Waals surface area contributed by atoms with Gasteiger partial charge in [-0.2, -0.15) is 13.2 Å². The standard InChI is InChI=1S/C17H19F3N2O5/c18-17(19,20)12-9-22(8-11(12)15(23)24)16(25)21-7-10-2-3-13-14(6-10)27-5-1-4-26-13/h2-3,6,11-12H,1,4-5,7-9H2,(H,21,25)(H,23,24)/t11-,12-/m1/s1. The molecule has 2 aliphatic rings. The van der Waals surface area contributed by atoms with E-state index in [1.807, 2.05) is 0 Å². The van der Waals surface area contributed by atoms with E-state index in [4.69, 9.17) is 14.6 Å². The fourth-order valence-electron chi connectivity index (χ4n) is 3.16. The number of benzene rings is 1. The number of alkyl halides is 3. The first-order chi connectivity index (χ1) is 12.8. The number of urea groups is 1. The van der Waals surface area contributed by atoms with E-state index in [0.717, 1.165) is 11.3 Å². The van der Waals surface area contributed by atoms with Crippen molar-refractivity contribution < 1.29 is 37.3 Å². The summed E-state index contributed by atoms with van der Waals surface area (Å²) in [6.07, 6.45) is -3.92. The lowest BCUT2D eigenvalue weighted by atomic mass is 9.96. The first-order valence-corrected chi connectivity index (χ1v) is 8.46. The Kier molecular flexibility index (Phi) is 5.33. The molecule has 0 spiro atoms. The lowest BCUT2D eigenvalue weighted by Gasteiger charge is -2.19. The van der Waals surface area contributed by atoms with Gasteiger partial charge in [0.2, 0.25) is 0 Å². The number of ether oxygens (including phenoxy) is 2. The highest BCUT2D eigenvalue weighted by atomic mass is 19.4. The van der Waals surface area contributed by atoms with Gasteiger partial charge in [0, 0.05) is 26.1 Å². The summed E-state index contributed by atoms with van der Waals surface area (Å²) in [5.41, 5.74) is 0.689. The highest BCUT2D eigenvalue weighted by molar-refractivity contribution is 5.77. The second-order valence-electron chi connectivity index (χ2n) is 6.49. The number of amides is 2. The highest BCUT2D eigenvalue weighted by Gasteiger charge is 2.53. The van der Waals surface area contributed by atoms with Crippen LogP contribution in [0.15, 0.2) is 18.2 Å². The number of aliphatic carboxylic acids is 1. The monoisotopic (exact) mass is 388 g/mol. The molecule has 0 aromatic heterocycles. The van der Waals surface area contributed by atoms with Crippen LogP contribution in [0.5, 0.6) is 11.5 Å². The summed E-state index contributed by atoms with van der Waals surface area (Å²) in [6, 6.07) is 4.39. The topological polar surface area (TPSA) is 88.1 Å². The molecule has 7 nitrogen and oxygen atoms in total. The summed E-state index contributed by atoms with van der Waals surface area (Å²) in [5, 5.41) is 11.5. The van der Waals surface area contributed by atoms with Gasteiger partial charge >= 0.3 is 18.2 Å². The molecule has 27 heavy (non-hydrogen) atoms. The van der Waals surface area contributed by atoms with E-state index in [0.29, 0.717) is 30.3 Å². The Labute approximate surface area is 153 Å². The van der Waals surface area contributed by atoms with Gasteiger partial charge in [0.25, 0.3) is 0 Å². The number of carbonyl (C=O) groups excluding carboxylic acids is 1. The number of hydrogen-bond donors (Lipinski definition) is 2. The Hall–Kier alpha value is -2.65. The quantitative estimate of drug-likeness (QED) is 0.829. The van der Waals surface area contributed by atoms with Crippen molar-refractivity contribution in [3.8, 4) is 11.5 Å². The number of halogens is 3. The normalized spacial score (nSPS) is 22.3. The SMILES string of the molecule is O=C(O)[C@@H]1CN(C(=O)NCc2ccc3c(c2)OCCCO3)C[C@H]1C(F)(F)F. The number of nitrogens with one attached hydrogen (secondary N) is 1. The summed E-state index contributed by atoms with van der Waals surface area (Å²) in [5.74, 6) is -4.15. The van der Waals surface area contributed by atoms with E-state index < -0.39 is 43.1 Å². The number of nitrogens with zero attached hydrogens (tertiary/aromatic N) is 1. The molecule has 2 amide bonds. The number of rotatable bonds is 3. The van der Waals surface area contributed by atoms with E-state index in [2.05, 4.69) is 5.32 Å². The molecule has 3 rings (SSSR count). The maximum atomic E-state index is 13.0. The van der Waals surface area contributed by atoms with Crippen LogP contribution in [0.1, 0.15) is 12.0 Å². The van der Waals surface area contributed by atoms with Crippen molar-refractivity contribution in [2.45, 2.75) is 19.1 Å². The average molecular weight is 388 g/mol. The molecule has 0 bridgehead atoms. The van der Waals surface area contributed by atoms with Crippen LogP contribution in [0.25, 0.3) is 0 Å². The molecule has 0 unspecified atom stereocenters. The summed E-state index contributed by atoms with van der Waals surface area (Å²) in [6.45, 7) is -0.0323. The molecule has 1 fully saturated rings. The van der Waals surface area contributed by atoms with E-state index in [-0.39, 0.29) is 6.54 Å². The third-order valence-corrected chi connectivity index (χ3v) is 4.60. The third kappa shape index (κ3) is 4.37. The predicted octanol–water partition coefficient (Wildman–Crippen LogP) is 2.25. The summed E-state index contributed by atoms with van der Waals surface area (Å²) < 4.78 is 50.1. The van der Waals surface area contributed by atoms with Gasteiger partial charge in [0.05, 0.1) is 25.0 Å². The molecule has 2 atom stereocenters. The summed E-state index contributed by atoms with van der Waals surface area (Å²) in [4.78, 5) is 24.2. The fraction of sp³-hybridized carbons (Fsp3) is 0.529. The molecule has 148 valence electrons. The van der Waals surface area contributed by atoms with E-state index >= 15 is 0 Å². The lowest BCUT2D eigenvalue weighted by molar-refractivity contribution is -0.187. The van der Waals surface area contributed by atoms with E-state index in [1.165, 1.54) is 0 Å². The van der Waals surface area contributed by atoms with Crippen molar-refractivity contribution in [2.75, 3.05) is 26.3 Å². The zero-order chi connectivity index (χ0) is 19.6. The van der Waals surface area contributed by atoms with Crippen molar-refractivity contribution in [2.24, 2.45) is 11.8 Å². The van der Waals surface area contributed by atoms with E-state index in [1.54, 1.807) is 18.2 Å². The zero-order valence-corrected chi connectivity index (χ0v) is 14.3. The van der Waals surface area contributed by atoms with Crippen molar-refractivity contribution in [3.05, 3.63) is 23.8 Å². The van der Waals surface area contributed by atoms with Gasteiger partial charge in [-0.15, -0.1) is 0 Å². The van der Waals surface area contributed by atoms with Gasteiger partial charge in [0.1, 0.15) is 0 Å². The molecule has 2 aliphatic heterocycles. The lowest BCUT2D eigenvalue weighted by Crippen LogP contribution is -2.39. The molecule has 0 aliphatic carbocycles. The number of likely N-dealkylation sites (tertiary alicyclic amines) is 1. The molecular weight excluding hydrogens is 369 g/mol. The number of fused-ring (bicyclic) bond motifs is 1. The minimum atomic E-state index is -4.67. The Morgan fingerprint density at radius 2 is 1.89 bits per heavy atom. The second-order valence-corrected chi connectivity index (χ2v) is 6.49. The van der Waals surface area contributed by atoms with Crippen LogP contribution in [0, 0.1) is 11.8 Å².